The molecule has 1 saturated carbocycles. The number of amides is 1. The summed E-state index contributed by atoms with van der Waals surface area (Å²) >= 11 is 6.42. The lowest BCUT2D eigenvalue weighted by Crippen LogP contribution is -2.49. The predicted molar refractivity (Wildman–Crippen MR) is 175 cm³/mol. The number of aliphatic hydroxyl groups is 1. The lowest BCUT2D eigenvalue weighted by atomic mass is 9.64. The van der Waals surface area contributed by atoms with Crippen LogP contribution in [0.15, 0.2) is 48.6 Å². The first-order chi connectivity index (χ1) is 21.0. The van der Waals surface area contributed by atoms with Crippen molar-refractivity contribution < 1.29 is 23.1 Å². The summed E-state index contributed by atoms with van der Waals surface area (Å²) in [5, 5.41) is 11.1. The highest BCUT2D eigenvalue weighted by atomic mass is 35.5. The second-order valence-electron chi connectivity index (χ2n) is 13.7. The fourth-order valence-corrected chi connectivity index (χ4v) is 9.40. The first-order valence-electron chi connectivity index (χ1n) is 16.2. The van der Waals surface area contributed by atoms with Crippen LogP contribution in [0.5, 0.6) is 5.75 Å². The Kier molecular flexibility index (Phi) is 8.81. The van der Waals surface area contributed by atoms with E-state index < -0.39 is 27.3 Å². The number of anilines is 1. The smallest absolute Gasteiger partial charge is 0.264 e. The third kappa shape index (κ3) is 5.90. The predicted octanol–water partition coefficient (Wildman–Crippen LogP) is 6.27. The zero-order valence-corrected chi connectivity index (χ0v) is 27.5. The van der Waals surface area contributed by atoms with Gasteiger partial charge in [0, 0.05) is 35.0 Å². The molecule has 238 valence electrons. The van der Waals surface area contributed by atoms with E-state index >= 15 is 0 Å². The number of carbonyl (C=O) groups is 1. The molecular formula is C35H45ClN2O5S. The number of hydrogen-bond acceptors (Lipinski definition) is 6. The first-order valence-corrected chi connectivity index (χ1v) is 18.1. The molecule has 1 amide bonds. The number of hydrogen-bond donors (Lipinski definition) is 2. The number of allylic oxidation sites excluding steroid dienone is 1. The fraction of sp³-hybridized carbons (Fsp3) is 0.571. The van der Waals surface area contributed by atoms with Crippen molar-refractivity contribution >= 4 is 33.2 Å². The molecule has 0 radical (unpaired) electrons. The highest BCUT2D eigenvalue weighted by Crippen LogP contribution is 2.48. The zero-order chi connectivity index (χ0) is 31.2. The van der Waals surface area contributed by atoms with Crippen LogP contribution >= 0.6 is 11.6 Å². The van der Waals surface area contributed by atoms with Crippen LogP contribution < -0.4 is 14.4 Å². The largest absolute Gasteiger partial charge is 0.490 e. The number of carbonyl (C=O) groups excluding carboxylic acids is 1. The molecule has 2 aromatic carbocycles. The van der Waals surface area contributed by atoms with Gasteiger partial charge in [0.1, 0.15) is 5.75 Å². The van der Waals surface area contributed by atoms with E-state index in [4.69, 9.17) is 16.3 Å². The Balaban J connectivity index is 1.44. The molecule has 4 aliphatic rings. The van der Waals surface area contributed by atoms with Crippen LogP contribution in [0.3, 0.4) is 0 Å². The van der Waals surface area contributed by atoms with Crippen molar-refractivity contribution in [2.24, 2.45) is 23.7 Å². The van der Waals surface area contributed by atoms with Gasteiger partial charge in [-0.15, -0.1) is 0 Å². The molecule has 6 rings (SSSR count). The Morgan fingerprint density at radius 1 is 1.18 bits per heavy atom. The number of aliphatic hydroxyl groups excluding tert-OH is 1. The molecule has 0 unspecified atom stereocenters. The number of sulfonamides is 1. The molecule has 2 N–H and O–H groups in total. The van der Waals surface area contributed by atoms with Crippen molar-refractivity contribution in [1.29, 1.82) is 0 Å². The zero-order valence-electron chi connectivity index (χ0n) is 26.0. The fourth-order valence-electron chi connectivity index (χ4n) is 7.92. The monoisotopic (exact) mass is 640 g/mol. The first kappa shape index (κ1) is 31.4. The van der Waals surface area contributed by atoms with Crippen LogP contribution in [0.25, 0.3) is 0 Å². The third-order valence-corrected chi connectivity index (χ3v) is 13.1. The summed E-state index contributed by atoms with van der Waals surface area (Å²) in [5.74, 6) is 0.555. The highest BCUT2D eigenvalue weighted by molar-refractivity contribution is 7.90. The van der Waals surface area contributed by atoms with Gasteiger partial charge in [-0.05, 0) is 111 Å². The summed E-state index contributed by atoms with van der Waals surface area (Å²) in [6.45, 7) is 7.55. The summed E-state index contributed by atoms with van der Waals surface area (Å²) in [4.78, 5) is 15.8. The molecule has 44 heavy (non-hydrogen) atoms. The molecule has 0 aromatic heterocycles. The van der Waals surface area contributed by atoms with Crippen LogP contribution in [0.2, 0.25) is 5.02 Å². The van der Waals surface area contributed by atoms with Crippen LogP contribution in [0.1, 0.15) is 80.8 Å². The Morgan fingerprint density at radius 2 is 2.00 bits per heavy atom. The number of rotatable bonds is 2. The van der Waals surface area contributed by atoms with Gasteiger partial charge in [-0.2, -0.15) is 0 Å². The van der Waals surface area contributed by atoms with Crippen LogP contribution in [0.4, 0.5) is 5.69 Å². The van der Waals surface area contributed by atoms with Crippen molar-refractivity contribution in [3.63, 3.8) is 0 Å². The highest BCUT2D eigenvalue weighted by Gasteiger charge is 2.45. The van der Waals surface area contributed by atoms with E-state index in [1.165, 1.54) is 11.1 Å². The van der Waals surface area contributed by atoms with Crippen molar-refractivity contribution in [3.8, 4) is 5.75 Å². The second-order valence-corrected chi connectivity index (χ2v) is 16.1. The Labute approximate surface area is 267 Å². The van der Waals surface area contributed by atoms with Gasteiger partial charge >= 0.3 is 0 Å². The minimum atomic E-state index is -3.92. The summed E-state index contributed by atoms with van der Waals surface area (Å²) in [6.07, 6.45) is 10.0. The Morgan fingerprint density at radius 3 is 2.75 bits per heavy atom. The molecule has 1 fully saturated rings. The number of ether oxygens (including phenoxy) is 1. The lowest BCUT2D eigenvalue weighted by Gasteiger charge is -2.47. The number of nitrogens with zero attached hydrogens (tertiary/aromatic N) is 1. The number of nitrogens with one attached hydrogen (secondary N) is 1. The maximum Gasteiger partial charge on any atom is 0.264 e. The van der Waals surface area contributed by atoms with Crippen LogP contribution in [-0.4, -0.2) is 50.5 Å². The van der Waals surface area contributed by atoms with Crippen LogP contribution in [0, 0.1) is 23.7 Å². The average Bonchev–Trinajstić information content (AvgIpc) is 3.13. The third-order valence-electron chi connectivity index (χ3n) is 11.0. The standard InChI is InChI=1S/C35H45ClN2O5S/c1-4-32(39)29-9-5-7-22(2)23(3)44(41,42)37-34(40)25-11-15-33-31(18-25)38(19-26-10-13-28(26)29)20-35(21-43-33)16-6-8-24-17-27(36)12-14-30(24)35/h5,9,11-12,14-15,17-18,22-23,26,28-29,32,39H,4,6-8,10,13,16,19-21H2,1-3H3,(H,37,40)/b9-5-/t22-,23+,26-,28+,29+,32-,35-/m0/s1. The number of benzene rings is 2. The van der Waals surface area contributed by atoms with Crippen LogP contribution in [-0.2, 0) is 21.9 Å². The molecule has 0 saturated heterocycles. The molecule has 2 aliphatic heterocycles. The van der Waals surface area contributed by atoms with E-state index in [9.17, 15) is 18.3 Å². The molecule has 2 aromatic rings. The summed E-state index contributed by atoms with van der Waals surface area (Å²) in [6, 6.07) is 11.5. The van der Waals surface area contributed by atoms with E-state index in [2.05, 4.69) is 27.8 Å². The van der Waals surface area contributed by atoms with Gasteiger partial charge < -0.3 is 14.7 Å². The van der Waals surface area contributed by atoms with Gasteiger partial charge in [0.2, 0.25) is 10.0 Å². The quantitative estimate of drug-likeness (QED) is 0.376. The van der Waals surface area contributed by atoms with Crippen molar-refractivity contribution in [2.45, 2.75) is 82.5 Å². The number of aryl methyl sites for hydroxylation is 1. The Bertz CT molecular complexity index is 1540. The van der Waals surface area contributed by atoms with Gasteiger partial charge in [-0.25, -0.2) is 13.1 Å². The van der Waals surface area contributed by atoms with Gasteiger partial charge in [0.05, 0.1) is 23.6 Å². The van der Waals surface area contributed by atoms with E-state index in [1.54, 1.807) is 19.1 Å². The summed E-state index contributed by atoms with van der Waals surface area (Å²) in [5.41, 5.74) is 3.39. The molecule has 2 heterocycles. The SMILES string of the molecule is CC[C@H](O)[C@@H]1/C=C\C[C@H](C)[C@@H](C)S(=O)(=O)NC(=O)c2ccc3c(c2)N(C[C@@H]2CC[C@H]21)C[C@@]1(CCCc2cc(Cl)ccc21)CO3. The van der Waals surface area contributed by atoms with Crippen molar-refractivity contribution in [1.82, 2.24) is 4.72 Å². The van der Waals surface area contributed by atoms with Crippen molar-refractivity contribution in [2.75, 3.05) is 24.6 Å². The normalized spacial score (nSPS) is 33.1. The maximum atomic E-state index is 13.4. The summed E-state index contributed by atoms with van der Waals surface area (Å²) in [7, 11) is -3.92. The Hall–Kier alpha value is -2.55. The van der Waals surface area contributed by atoms with E-state index in [0.717, 1.165) is 49.4 Å². The van der Waals surface area contributed by atoms with E-state index in [0.29, 0.717) is 49.1 Å². The molecular weight excluding hydrogens is 596 g/mol. The van der Waals surface area contributed by atoms with Gasteiger partial charge in [0.25, 0.3) is 5.91 Å². The number of fused-ring (bicyclic) bond motifs is 4. The van der Waals surface area contributed by atoms with Crippen molar-refractivity contribution in [3.05, 3.63) is 70.3 Å². The van der Waals surface area contributed by atoms with Gasteiger partial charge in [-0.3, -0.25) is 4.79 Å². The molecule has 2 bridgehead atoms. The minimum absolute atomic E-state index is 0.00557. The number of halogens is 1. The maximum absolute atomic E-state index is 13.4. The minimum Gasteiger partial charge on any atom is -0.490 e. The van der Waals surface area contributed by atoms with E-state index in [1.807, 2.05) is 32.1 Å². The lowest BCUT2D eigenvalue weighted by molar-refractivity contribution is 0.0313. The molecule has 7 nitrogen and oxygen atoms in total. The van der Waals surface area contributed by atoms with E-state index in [-0.39, 0.29) is 17.3 Å². The summed E-state index contributed by atoms with van der Waals surface area (Å²) < 4.78 is 35.5. The van der Waals surface area contributed by atoms with Gasteiger partial charge in [-0.1, -0.05) is 43.7 Å². The van der Waals surface area contributed by atoms with Gasteiger partial charge in [0.15, 0.2) is 0 Å². The molecule has 9 heteroatoms. The topological polar surface area (TPSA) is 95.9 Å². The second kappa shape index (κ2) is 12.3. The molecule has 2 aliphatic carbocycles. The molecule has 7 atom stereocenters. The average molecular weight is 641 g/mol. The molecule has 1 spiro atoms.